The Morgan fingerprint density at radius 3 is 2.58 bits per heavy atom. The number of piperazine rings is 1. The second-order valence-electron chi connectivity index (χ2n) is 6.33. The van der Waals surface area contributed by atoms with E-state index in [-0.39, 0.29) is 11.4 Å². The van der Waals surface area contributed by atoms with Gasteiger partial charge in [-0.1, -0.05) is 23.7 Å². The van der Waals surface area contributed by atoms with Crippen molar-refractivity contribution >= 4 is 28.5 Å². The lowest BCUT2D eigenvalue weighted by Crippen LogP contribution is -2.46. The van der Waals surface area contributed by atoms with E-state index in [0.717, 1.165) is 31.7 Å². The van der Waals surface area contributed by atoms with Crippen LogP contribution in [0, 0.1) is 5.82 Å². The first-order chi connectivity index (χ1) is 12.6. The molecule has 1 N–H and O–H groups in total. The molecule has 3 aromatic rings. The number of hydrogen-bond acceptors (Lipinski definition) is 4. The van der Waals surface area contributed by atoms with E-state index in [1.807, 2.05) is 0 Å². The third-order valence-corrected chi connectivity index (χ3v) is 4.78. The fourth-order valence-electron chi connectivity index (χ4n) is 3.20. The standard InChI is InChI=1S/C19H18ClFN4O/c20-14-3-6-17-16(11-14)18(26)25(12-13-1-4-15(21)5-2-13)19(23-17)24-9-7-22-8-10-24/h1-6,11,22H,7-10,12H2. The van der Waals surface area contributed by atoms with E-state index in [9.17, 15) is 9.18 Å². The first-order valence-corrected chi connectivity index (χ1v) is 8.90. The molecule has 0 saturated carbocycles. The molecule has 1 aliphatic rings. The number of halogens is 2. The fourth-order valence-corrected chi connectivity index (χ4v) is 3.37. The molecule has 1 aromatic heterocycles. The Hall–Kier alpha value is -2.44. The van der Waals surface area contributed by atoms with Crippen molar-refractivity contribution in [2.75, 3.05) is 31.1 Å². The Balaban J connectivity index is 1.87. The van der Waals surface area contributed by atoms with Crippen LogP contribution >= 0.6 is 11.6 Å². The Kier molecular flexibility index (Phi) is 4.61. The van der Waals surface area contributed by atoms with Crippen LogP contribution in [0.2, 0.25) is 5.02 Å². The molecule has 0 aliphatic carbocycles. The highest BCUT2D eigenvalue weighted by molar-refractivity contribution is 6.31. The summed E-state index contributed by atoms with van der Waals surface area (Å²) in [5.41, 5.74) is 1.33. The number of rotatable bonds is 3. The molecule has 1 fully saturated rings. The summed E-state index contributed by atoms with van der Waals surface area (Å²) in [6.45, 7) is 3.55. The highest BCUT2D eigenvalue weighted by Crippen LogP contribution is 2.20. The van der Waals surface area contributed by atoms with Gasteiger partial charge in [-0.05, 0) is 35.9 Å². The SMILES string of the molecule is O=c1c2cc(Cl)ccc2nc(N2CCNCC2)n1Cc1ccc(F)cc1. The van der Waals surface area contributed by atoms with Crippen molar-refractivity contribution < 1.29 is 4.39 Å². The maximum absolute atomic E-state index is 13.2. The van der Waals surface area contributed by atoms with E-state index < -0.39 is 0 Å². The molecular formula is C19H18ClFN4O. The third-order valence-electron chi connectivity index (χ3n) is 4.55. The molecule has 0 radical (unpaired) electrons. The monoisotopic (exact) mass is 372 g/mol. The normalized spacial score (nSPS) is 14.8. The molecule has 0 unspecified atom stereocenters. The van der Waals surface area contributed by atoms with Crippen LogP contribution in [-0.2, 0) is 6.54 Å². The number of aromatic nitrogens is 2. The molecule has 0 spiro atoms. The zero-order valence-electron chi connectivity index (χ0n) is 14.1. The van der Waals surface area contributed by atoms with Crippen LogP contribution in [0.4, 0.5) is 10.3 Å². The van der Waals surface area contributed by atoms with Crippen molar-refractivity contribution in [2.45, 2.75) is 6.54 Å². The molecule has 4 rings (SSSR count). The van der Waals surface area contributed by atoms with Gasteiger partial charge in [0.1, 0.15) is 5.82 Å². The van der Waals surface area contributed by atoms with Crippen LogP contribution in [0.3, 0.4) is 0 Å². The Morgan fingerprint density at radius 2 is 1.85 bits per heavy atom. The summed E-state index contributed by atoms with van der Waals surface area (Å²) >= 11 is 6.07. The van der Waals surface area contributed by atoms with Crippen molar-refractivity contribution in [3.05, 3.63) is 69.2 Å². The van der Waals surface area contributed by atoms with Gasteiger partial charge in [-0.25, -0.2) is 9.37 Å². The summed E-state index contributed by atoms with van der Waals surface area (Å²) in [5.74, 6) is 0.336. The van der Waals surface area contributed by atoms with Gasteiger partial charge in [0.25, 0.3) is 5.56 Å². The lowest BCUT2D eigenvalue weighted by Gasteiger charge is -2.30. The molecule has 0 atom stereocenters. The van der Waals surface area contributed by atoms with Gasteiger partial charge in [0.2, 0.25) is 5.95 Å². The van der Waals surface area contributed by atoms with Gasteiger partial charge in [-0.3, -0.25) is 9.36 Å². The van der Waals surface area contributed by atoms with Crippen molar-refractivity contribution in [3.8, 4) is 0 Å². The van der Waals surface area contributed by atoms with Crippen LogP contribution < -0.4 is 15.8 Å². The number of benzene rings is 2. The molecule has 2 aromatic carbocycles. The summed E-state index contributed by atoms with van der Waals surface area (Å²) in [6.07, 6.45) is 0. The Labute approximate surface area is 155 Å². The van der Waals surface area contributed by atoms with Crippen molar-refractivity contribution in [1.82, 2.24) is 14.9 Å². The van der Waals surface area contributed by atoms with Gasteiger partial charge in [0, 0.05) is 31.2 Å². The molecule has 1 aliphatic heterocycles. The van der Waals surface area contributed by atoms with E-state index in [2.05, 4.69) is 10.2 Å². The summed E-state index contributed by atoms with van der Waals surface area (Å²) in [7, 11) is 0. The first kappa shape index (κ1) is 17.0. The zero-order valence-corrected chi connectivity index (χ0v) is 14.8. The average molecular weight is 373 g/mol. The van der Waals surface area contributed by atoms with E-state index in [1.54, 1.807) is 34.9 Å². The maximum Gasteiger partial charge on any atom is 0.263 e. The summed E-state index contributed by atoms with van der Waals surface area (Å²) in [5, 5.41) is 4.29. The summed E-state index contributed by atoms with van der Waals surface area (Å²) in [4.78, 5) is 20.0. The number of fused-ring (bicyclic) bond motifs is 1. The van der Waals surface area contributed by atoms with Crippen molar-refractivity contribution in [1.29, 1.82) is 0 Å². The van der Waals surface area contributed by atoms with Crippen molar-refractivity contribution in [2.24, 2.45) is 0 Å². The second-order valence-corrected chi connectivity index (χ2v) is 6.76. The molecule has 0 amide bonds. The smallest absolute Gasteiger partial charge is 0.263 e. The summed E-state index contributed by atoms with van der Waals surface area (Å²) < 4.78 is 14.9. The quantitative estimate of drug-likeness (QED) is 0.768. The number of nitrogens with one attached hydrogen (secondary N) is 1. The number of anilines is 1. The largest absolute Gasteiger partial charge is 0.340 e. The zero-order chi connectivity index (χ0) is 18.1. The van der Waals surface area contributed by atoms with E-state index in [1.165, 1.54) is 12.1 Å². The first-order valence-electron chi connectivity index (χ1n) is 8.52. The molecular weight excluding hydrogens is 355 g/mol. The predicted octanol–water partition coefficient (Wildman–Crippen LogP) is 2.65. The Morgan fingerprint density at radius 1 is 1.12 bits per heavy atom. The van der Waals surface area contributed by atoms with Crippen LogP contribution in [0.1, 0.15) is 5.56 Å². The highest BCUT2D eigenvalue weighted by Gasteiger charge is 2.19. The minimum Gasteiger partial charge on any atom is -0.340 e. The minimum atomic E-state index is -0.299. The fraction of sp³-hybridized carbons (Fsp3) is 0.263. The lowest BCUT2D eigenvalue weighted by molar-refractivity contribution is 0.564. The molecule has 7 heteroatoms. The molecule has 134 valence electrons. The van der Waals surface area contributed by atoms with Crippen molar-refractivity contribution in [3.63, 3.8) is 0 Å². The second kappa shape index (κ2) is 7.05. The van der Waals surface area contributed by atoms with E-state index in [4.69, 9.17) is 16.6 Å². The lowest BCUT2D eigenvalue weighted by atomic mass is 10.2. The highest BCUT2D eigenvalue weighted by atomic mass is 35.5. The van der Waals surface area contributed by atoms with Gasteiger partial charge in [-0.2, -0.15) is 0 Å². The van der Waals surface area contributed by atoms with Crippen LogP contribution in [-0.4, -0.2) is 35.7 Å². The number of nitrogens with zero attached hydrogens (tertiary/aromatic N) is 3. The predicted molar refractivity (Wildman–Crippen MR) is 102 cm³/mol. The third kappa shape index (κ3) is 3.30. The van der Waals surface area contributed by atoms with Crippen LogP contribution in [0.5, 0.6) is 0 Å². The van der Waals surface area contributed by atoms with Gasteiger partial charge in [0.15, 0.2) is 0 Å². The molecule has 1 saturated heterocycles. The van der Waals surface area contributed by atoms with Gasteiger partial charge in [0.05, 0.1) is 17.4 Å². The molecule has 2 heterocycles. The molecule has 5 nitrogen and oxygen atoms in total. The van der Waals surface area contributed by atoms with Gasteiger partial charge in [-0.15, -0.1) is 0 Å². The van der Waals surface area contributed by atoms with Gasteiger partial charge < -0.3 is 10.2 Å². The average Bonchev–Trinajstić information content (AvgIpc) is 2.66. The molecule has 26 heavy (non-hydrogen) atoms. The maximum atomic E-state index is 13.2. The minimum absolute atomic E-state index is 0.143. The van der Waals surface area contributed by atoms with Crippen LogP contribution in [0.25, 0.3) is 10.9 Å². The Bertz CT molecular complexity index is 997. The van der Waals surface area contributed by atoms with Crippen LogP contribution in [0.15, 0.2) is 47.3 Å². The van der Waals surface area contributed by atoms with E-state index >= 15 is 0 Å². The molecule has 0 bridgehead atoms. The van der Waals surface area contributed by atoms with E-state index in [0.29, 0.717) is 28.4 Å². The van der Waals surface area contributed by atoms with Gasteiger partial charge >= 0.3 is 0 Å². The number of hydrogen-bond donors (Lipinski definition) is 1. The summed E-state index contributed by atoms with van der Waals surface area (Å²) in [6, 6.07) is 11.3. The topological polar surface area (TPSA) is 50.2 Å².